The molecule has 1 aliphatic rings. The van der Waals surface area contributed by atoms with Crippen LogP contribution in [0, 0.1) is 23.3 Å². The summed E-state index contributed by atoms with van der Waals surface area (Å²) in [5.74, 6) is 1.86. The van der Waals surface area contributed by atoms with Crippen molar-refractivity contribution in [2.75, 3.05) is 13.2 Å². The highest BCUT2D eigenvalue weighted by molar-refractivity contribution is 6.83. The van der Waals surface area contributed by atoms with Crippen LogP contribution in [0.15, 0.2) is 12.3 Å². The first kappa shape index (κ1) is 16.1. The Balaban J connectivity index is 2.41. The third kappa shape index (κ3) is 3.69. The molecule has 1 aromatic heterocycles. The number of halogens is 2. The molecule has 2 heterocycles. The van der Waals surface area contributed by atoms with Crippen molar-refractivity contribution in [2.24, 2.45) is 5.92 Å². The maximum absolute atomic E-state index is 15.2. The van der Waals surface area contributed by atoms with Crippen molar-refractivity contribution in [2.45, 2.75) is 38.7 Å². The van der Waals surface area contributed by atoms with Gasteiger partial charge in [-0.15, -0.1) is 5.54 Å². The van der Waals surface area contributed by atoms with E-state index in [4.69, 9.17) is 4.74 Å². The number of nitrogens with zero attached hydrogens (tertiary/aromatic N) is 1. The average Bonchev–Trinajstić information content (AvgIpc) is 2.40. The molecule has 0 bridgehead atoms. The van der Waals surface area contributed by atoms with Gasteiger partial charge in [0.05, 0.1) is 6.61 Å². The molecule has 0 spiro atoms. The molecule has 2 nitrogen and oxygen atoms in total. The van der Waals surface area contributed by atoms with Gasteiger partial charge in [0, 0.05) is 36.3 Å². The van der Waals surface area contributed by atoms with Crippen LogP contribution in [0.3, 0.4) is 0 Å². The van der Waals surface area contributed by atoms with Gasteiger partial charge in [0.2, 0.25) is 5.95 Å². The van der Waals surface area contributed by atoms with Crippen molar-refractivity contribution in [3.8, 4) is 11.5 Å². The zero-order valence-electron chi connectivity index (χ0n) is 13.0. The van der Waals surface area contributed by atoms with E-state index in [2.05, 4.69) is 36.1 Å². The van der Waals surface area contributed by atoms with Gasteiger partial charge in [-0.05, 0) is 6.07 Å². The second-order valence-corrected chi connectivity index (χ2v) is 11.4. The van der Waals surface area contributed by atoms with E-state index in [1.165, 1.54) is 12.3 Å². The molecule has 2 unspecified atom stereocenters. The van der Waals surface area contributed by atoms with Crippen LogP contribution in [0.4, 0.5) is 8.78 Å². The third-order valence-electron chi connectivity index (χ3n) is 3.63. The van der Waals surface area contributed by atoms with E-state index in [-0.39, 0.29) is 12.0 Å². The summed E-state index contributed by atoms with van der Waals surface area (Å²) < 4.78 is 34.5. The lowest BCUT2D eigenvalue weighted by Crippen LogP contribution is -2.38. The zero-order valence-corrected chi connectivity index (χ0v) is 14.0. The largest absolute Gasteiger partial charge is 0.381 e. The number of alkyl halides is 1. The Morgan fingerprint density at radius 1 is 1.43 bits per heavy atom. The molecular weight excluding hydrogens is 288 g/mol. The fraction of sp³-hybridized carbons (Fsp3) is 0.562. The number of pyridine rings is 1. The quantitative estimate of drug-likeness (QED) is 0.448. The molecule has 1 aliphatic heterocycles. The van der Waals surface area contributed by atoms with Gasteiger partial charge in [-0.3, -0.25) is 0 Å². The second-order valence-electron chi connectivity index (χ2n) is 6.65. The Kier molecular flexibility index (Phi) is 4.50. The highest BCUT2D eigenvalue weighted by atomic mass is 28.3. The second kappa shape index (κ2) is 5.86. The summed E-state index contributed by atoms with van der Waals surface area (Å²) in [4.78, 5) is 3.70. The molecule has 2 atom stereocenters. The topological polar surface area (TPSA) is 22.1 Å². The Morgan fingerprint density at radius 2 is 2.14 bits per heavy atom. The van der Waals surface area contributed by atoms with Crippen molar-refractivity contribution < 1.29 is 13.5 Å². The van der Waals surface area contributed by atoms with Crippen LogP contribution in [-0.2, 0) is 10.4 Å². The maximum atomic E-state index is 15.2. The van der Waals surface area contributed by atoms with Crippen molar-refractivity contribution in [1.29, 1.82) is 0 Å². The number of hydrogen-bond donors (Lipinski definition) is 0. The van der Waals surface area contributed by atoms with E-state index in [9.17, 15) is 4.39 Å². The Hall–Kier alpha value is -1.25. The summed E-state index contributed by atoms with van der Waals surface area (Å²) in [6.45, 7) is 8.68. The van der Waals surface area contributed by atoms with Crippen molar-refractivity contribution >= 4 is 8.07 Å². The smallest absolute Gasteiger partial charge is 0.219 e. The summed E-state index contributed by atoms with van der Waals surface area (Å²) in [7, 11) is -1.54. The van der Waals surface area contributed by atoms with Crippen LogP contribution in [0.25, 0.3) is 0 Å². The fourth-order valence-electron chi connectivity index (χ4n) is 2.33. The molecular formula is C16H21F2NOSi. The molecule has 0 aliphatic carbocycles. The van der Waals surface area contributed by atoms with E-state index in [1.54, 1.807) is 6.92 Å². The van der Waals surface area contributed by atoms with Gasteiger partial charge in [0.15, 0.2) is 0 Å². The first-order valence-corrected chi connectivity index (χ1v) is 10.7. The Labute approximate surface area is 125 Å². The van der Waals surface area contributed by atoms with Gasteiger partial charge in [-0.1, -0.05) is 32.5 Å². The minimum Gasteiger partial charge on any atom is -0.381 e. The fourth-order valence-corrected chi connectivity index (χ4v) is 2.85. The standard InChI is InChI=1S/C16H21F2NOSi/c1-12-11-20-7-6-16(12,18)14-9-13(10-19-15(14)17)5-8-21(2,3)4/h9-10,12H,6-7,11H2,1-4H3. The number of hydrogen-bond acceptors (Lipinski definition) is 2. The van der Waals surface area contributed by atoms with Crippen LogP contribution in [0.1, 0.15) is 24.5 Å². The number of rotatable bonds is 1. The molecule has 2 rings (SSSR count). The van der Waals surface area contributed by atoms with Gasteiger partial charge in [-0.25, -0.2) is 9.37 Å². The molecule has 0 amide bonds. The number of ether oxygens (including phenoxy) is 1. The number of aromatic nitrogens is 1. The van der Waals surface area contributed by atoms with E-state index < -0.39 is 25.6 Å². The summed E-state index contributed by atoms with van der Waals surface area (Å²) >= 11 is 0. The molecule has 0 N–H and O–H groups in total. The summed E-state index contributed by atoms with van der Waals surface area (Å²) in [5.41, 5.74) is 2.05. The zero-order chi connectivity index (χ0) is 15.7. The maximum Gasteiger partial charge on any atom is 0.219 e. The molecule has 0 aromatic carbocycles. The van der Waals surface area contributed by atoms with Gasteiger partial charge in [0.1, 0.15) is 13.7 Å². The van der Waals surface area contributed by atoms with Crippen molar-refractivity contribution in [3.63, 3.8) is 0 Å². The van der Waals surface area contributed by atoms with Gasteiger partial charge >= 0.3 is 0 Å². The molecule has 114 valence electrons. The predicted molar refractivity (Wildman–Crippen MR) is 81.8 cm³/mol. The Morgan fingerprint density at radius 3 is 2.76 bits per heavy atom. The SMILES string of the molecule is CC1COCCC1(F)c1cc(C#C[Si](C)(C)C)cnc1F. The molecule has 1 saturated heterocycles. The molecule has 5 heteroatoms. The van der Waals surface area contributed by atoms with E-state index in [0.717, 1.165) is 0 Å². The van der Waals surface area contributed by atoms with Gasteiger partial charge < -0.3 is 4.74 Å². The predicted octanol–water partition coefficient (Wildman–Crippen LogP) is 3.67. The molecule has 1 fully saturated rings. The highest BCUT2D eigenvalue weighted by Gasteiger charge is 2.43. The lowest BCUT2D eigenvalue weighted by molar-refractivity contribution is -0.0606. The summed E-state index contributed by atoms with van der Waals surface area (Å²) in [5, 5.41) is 0. The van der Waals surface area contributed by atoms with Gasteiger partial charge in [0.25, 0.3) is 0 Å². The van der Waals surface area contributed by atoms with Crippen LogP contribution < -0.4 is 0 Å². The molecule has 0 radical (unpaired) electrons. The average molecular weight is 309 g/mol. The van der Waals surface area contributed by atoms with Gasteiger partial charge in [-0.2, -0.15) is 4.39 Å². The third-order valence-corrected chi connectivity index (χ3v) is 4.50. The van der Waals surface area contributed by atoms with Crippen LogP contribution in [0.2, 0.25) is 19.6 Å². The highest BCUT2D eigenvalue weighted by Crippen LogP contribution is 2.41. The lowest BCUT2D eigenvalue weighted by atomic mass is 9.81. The van der Waals surface area contributed by atoms with Crippen LogP contribution >= 0.6 is 0 Å². The van der Waals surface area contributed by atoms with E-state index in [0.29, 0.717) is 18.8 Å². The van der Waals surface area contributed by atoms with E-state index >= 15 is 4.39 Å². The summed E-state index contributed by atoms with van der Waals surface area (Å²) in [6.07, 6.45) is 1.52. The minimum absolute atomic E-state index is 0.0145. The molecule has 0 saturated carbocycles. The first-order valence-electron chi connectivity index (χ1n) is 7.18. The van der Waals surface area contributed by atoms with Crippen LogP contribution in [0.5, 0.6) is 0 Å². The van der Waals surface area contributed by atoms with Crippen LogP contribution in [-0.4, -0.2) is 26.3 Å². The van der Waals surface area contributed by atoms with Crippen molar-refractivity contribution in [1.82, 2.24) is 4.98 Å². The molecule has 21 heavy (non-hydrogen) atoms. The normalized spacial score (nSPS) is 26.1. The van der Waals surface area contributed by atoms with E-state index in [1.807, 2.05) is 0 Å². The summed E-state index contributed by atoms with van der Waals surface area (Å²) in [6, 6.07) is 1.51. The lowest BCUT2D eigenvalue weighted by Gasteiger charge is -2.35. The molecule has 1 aromatic rings. The monoisotopic (exact) mass is 309 g/mol. The van der Waals surface area contributed by atoms with Crippen molar-refractivity contribution in [3.05, 3.63) is 29.3 Å². The minimum atomic E-state index is -1.73. The Bertz CT molecular complexity index is 588. The first-order chi connectivity index (χ1) is 9.72.